The van der Waals surface area contributed by atoms with Gasteiger partial charge in [-0.25, -0.2) is 4.98 Å². The van der Waals surface area contributed by atoms with Gasteiger partial charge < -0.3 is 9.88 Å². The molecule has 3 aromatic rings. The fourth-order valence-electron chi connectivity index (χ4n) is 2.46. The van der Waals surface area contributed by atoms with Crippen molar-refractivity contribution in [2.75, 3.05) is 0 Å². The minimum absolute atomic E-state index is 0.175. The second kappa shape index (κ2) is 5.09. The lowest BCUT2D eigenvalue weighted by Gasteiger charge is -2.12. The van der Waals surface area contributed by atoms with Gasteiger partial charge >= 0.3 is 0 Å². The number of benzene rings is 1. The zero-order chi connectivity index (χ0) is 14.1. The second-order valence-electron chi connectivity index (χ2n) is 5.10. The molecule has 1 aromatic carbocycles. The van der Waals surface area contributed by atoms with E-state index in [0.29, 0.717) is 0 Å². The van der Waals surface area contributed by atoms with Gasteiger partial charge in [-0.15, -0.1) is 0 Å². The number of rotatable bonds is 4. The number of aromatic nitrogens is 4. The SMILES string of the molecule is CC(NCc1ccn(C)n1)c1nc2ccccc2n1C. The molecule has 0 aliphatic carbocycles. The maximum atomic E-state index is 4.70. The van der Waals surface area contributed by atoms with E-state index in [-0.39, 0.29) is 6.04 Å². The highest BCUT2D eigenvalue weighted by molar-refractivity contribution is 5.75. The molecular weight excluding hydrogens is 250 g/mol. The Kier molecular flexibility index (Phi) is 3.28. The van der Waals surface area contributed by atoms with Crippen LogP contribution in [0.3, 0.4) is 0 Å². The van der Waals surface area contributed by atoms with Crippen molar-refractivity contribution < 1.29 is 0 Å². The van der Waals surface area contributed by atoms with Crippen molar-refractivity contribution in [1.82, 2.24) is 24.6 Å². The predicted molar refractivity (Wildman–Crippen MR) is 79.2 cm³/mol. The van der Waals surface area contributed by atoms with E-state index in [0.717, 1.165) is 29.1 Å². The Labute approximate surface area is 118 Å². The Morgan fingerprint density at radius 2 is 2.00 bits per heavy atom. The molecule has 0 fully saturated rings. The van der Waals surface area contributed by atoms with Gasteiger partial charge in [-0.1, -0.05) is 12.1 Å². The van der Waals surface area contributed by atoms with E-state index in [9.17, 15) is 0 Å². The van der Waals surface area contributed by atoms with E-state index in [4.69, 9.17) is 4.98 Å². The number of aryl methyl sites for hydroxylation is 2. The molecule has 1 N–H and O–H groups in total. The topological polar surface area (TPSA) is 47.7 Å². The van der Waals surface area contributed by atoms with Crippen LogP contribution in [0.5, 0.6) is 0 Å². The molecule has 0 aliphatic heterocycles. The molecular formula is C15H19N5. The van der Waals surface area contributed by atoms with Gasteiger partial charge in [0.15, 0.2) is 0 Å². The summed E-state index contributed by atoms with van der Waals surface area (Å²) in [5.41, 5.74) is 3.24. The lowest BCUT2D eigenvalue weighted by molar-refractivity contribution is 0.524. The molecule has 20 heavy (non-hydrogen) atoms. The number of hydrogen-bond donors (Lipinski definition) is 1. The maximum Gasteiger partial charge on any atom is 0.126 e. The normalized spacial score (nSPS) is 12.9. The average Bonchev–Trinajstić information content (AvgIpc) is 3.01. The number of para-hydroxylation sites is 2. The fourth-order valence-corrected chi connectivity index (χ4v) is 2.46. The molecule has 0 saturated carbocycles. The zero-order valence-corrected chi connectivity index (χ0v) is 12.0. The van der Waals surface area contributed by atoms with Crippen LogP contribution < -0.4 is 5.32 Å². The molecule has 2 aromatic heterocycles. The Hall–Kier alpha value is -2.14. The van der Waals surface area contributed by atoms with Gasteiger partial charge in [-0.2, -0.15) is 5.10 Å². The summed E-state index contributed by atoms with van der Waals surface area (Å²) >= 11 is 0. The highest BCUT2D eigenvalue weighted by atomic mass is 15.3. The molecule has 2 heterocycles. The molecule has 0 aliphatic rings. The predicted octanol–water partition coefficient (Wildman–Crippen LogP) is 2.16. The van der Waals surface area contributed by atoms with Crippen molar-refractivity contribution in [2.45, 2.75) is 19.5 Å². The van der Waals surface area contributed by atoms with E-state index in [1.54, 1.807) is 0 Å². The van der Waals surface area contributed by atoms with E-state index >= 15 is 0 Å². The maximum absolute atomic E-state index is 4.70. The smallest absolute Gasteiger partial charge is 0.126 e. The summed E-state index contributed by atoms with van der Waals surface area (Å²) in [6.07, 6.45) is 1.96. The highest BCUT2D eigenvalue weighted by Gasteiger charge is 2.14. The monoisotopic (exact) mass is 269 g/mol. The third kappa shape index (κ3) is 2.32. The van der Waals surface area contributed by atoms with Crippen molar-refractivity contribution in [1.29, 1.82) is 0 Å². The number of fused-ring (bicyclic) bond motifs is 1. The lowest BCUT2D eigenvalue weighted by atomic mass is 10.3. The summed E-state index contributed by atoms with van der Waals surface area (Å²) in [6, 6.07) is 10.4. The number of imidazole rings is 1. The van der Waals surface area contributed by atoms with Gasteiger partial charge in [0.2, 0.25) is 0 Å². The first-order valence-corrected chi connectivity index (χ1v) is 6.78. The molecule has 5 heteroatoms. The van der Waals surface area contributed by atoms with Crippen molar-refractivity contribution in [3.05, 3.63) is 48.0 Å². The van der Waals surface area contributed by atoms with Gasteiger partial charge in [-0.05, 0) is 25.1 Å². The van der Waals surface area contributed by atoms with Crippen LogP contribution in [0, 0.1) is 0 Å². The lowest BCUT2D eigenvalue weighted by Crippen LogP contribution is -2.21. The van der Waals surface area contributed by atoms with Crippen LogP contribution in [-0.4, -0.2) is 19.3 Å². The first kappa shape index (κ1) is 12.9. The Bertz CT molecular complexity index is 725. The average molecular weight is 269 g/mol. The first-order valence-electron chi connectivity index (χ1n) is 6.78. The summed E-state index contributed by atoms with van der Waals surface area (Å²) in [7, 11) is 3.99. The Balaban J connectivity index is 1.78. The molecule has 3 rings (SSSR count). The zero-order valence-electron chi connectivity index (χ0n) is 12.0. The molecule has 0 saturated heterocycles. The molecule has 0 radical (unpaired) electrons. The molecule has 1 unspecified atom stereocenters. The van der Waals surface area contributed by atoms with Crippen molar-refractivity contribution >= 4 is 11.0 Å². The third-order valence-corrected chi connectivity index (χ3v) is 3.57. The molecule has 0 spiro atoms. The van der Waals surface area contributed by atoms with E-state index < -0.39 is 0 Å². The standard InChI is InChI=1S/C15H19N5/c1-11(16-10-12-8-9-19(2)18-12)15-17-13-6-4-5-7-14(13)20(15)3/h4-9,11,16H,10H2,1-3H3. The summed E-state index contributed by atoms with van der Waals surface area (Å²) in [5.74, 6) is 1.04. The van der Waals surface area contributed by atoms with Crippen LogP contribution in [0.4, 0.5) is 0 Å². The Morgan fingerprint density at radius 1 is 1.20 bits per heavy atom. The largest absolute Gasteiger partial charge is 0.330 e. The summed E-state index contributed by atoms with van der Waals surface area (Å²) in [6.45, 7) is 2.87. The third-order valence-electron chi connectivity index (χ3n) is 3.57. The number of hydrogen-bond acceptors (Lipinski definition) is 3. The van der Waals surface area contributed by atoms with Crippen LogP contribution in [0.25, 0.3) is 11.0 Å². The Morgan fingerprint density at radius 3 is 2.70 bits per heavy atom. The van der Waals surface area contributed by atoms with Crippen LogP contribution >= 0.6 is 0 Å². The molecule has 0 bridgehead atoms. The minimum atomic E-state index is 0.175. The van der Waals surface area contributed by atoms with E-state index in [2.05, 4.69) is 35.0 Å². The van der Waals surface area contributed by atoms with Gasteiger partial charge in [0.05, 0.1) is 22.8 Å². The molecule has 104 valence electrons. The van der Waals surface area contributed by atoms with Gasteiger partial charge in [0.1, 0.15) is 5.82 Å². The van der Waals surface area contributed by atoms with Gasteiger partial charge in [0, 0.05) is 26.8 Å². The van der Waals surface area contributed by atoms with Crippen LogP contribution in [0.1, 0.15) is 24.5 Å². The molecule has 1 atom stereocenters. The molecule has 0 amide bonds. The minimum Gasteiger partial charge on any atom is -0.330 e. The first-order chi connectivity index (χ1) is 9.65. The van der Waals surface area contributed by atoms with Crippen molar-refractivity contribution in [3.8, 4) is 0 Å². The van der Waals surface area contributed by atoms with Gasteiger partial charge in [0.25, 0.3) is 0 Å². The van der Waals surface area contributed by atoms with E-state index in [1.165, 1.54) is 0 Å². The van der Waals surface area contributed by atoms with Crippen LogP contribution in [0.15, 0.2) is 36.5 Å². The van der Waals surface area contributed by atoms with Crippen LogP contribution in [-0.2, 0) is 20.6 Å². The summed E-state index contributed by atoms with van der Waals surface area (Å²) < 4.78 is 3.96. The quantitative estimate of drug-likeness (QED) is 0.789. The van der Waals surface area contributed by atoms with Gasteiger partial charge in [-0.3, -0.25) is 4.68 Å². The number of nitrogens with zero attached hydrogens (tertiary/aromatic N) is 4. The van der Waals surface area contributed by atoms with Crippen LogP contribution in [0.2, 0.25) is 0 Å². The van der Waals surface area contributed by atoms with Crippen molar-refractivity contribution in [3.63, 3.8) is 0 Å². The van der Waals surface area contributed by atoms with E-state index in [1.807, 2.05) is 42.2 Å². The highest BCUT2D eigenvalue weighted by Crippen LogP contribution is 2.19. The summed E-state index contributed by atoms with van der Waals surface area (Å²) in [4.78, 5) is 4.70. The summed E-state index contributed by atoms with van der Waals surface area (Å²) in [5, 5.41) is 7.84. The fraction of sp³-hybridized carbons (Fsp3) is 0.333. The van der Waals surface area contributed by atoms with Crippen molar-refractivity contribution in [2.24, 2.45) is 14.1 Å². The second-order valence-corrected chi connectivity index (χ2v) is 5.10. The number of nitrogens with one attached hydrogen (secondary N) is 1. The molecule has 5 nitrogen and oxygen atoms in total.